The number of nitrogens with zero attached hydrogens (tertiary/aromatic N) is 2. The largest absolute Gasteiger partial charge is 0.497 e. The van der Waals surface area contributed by atoms with Crippen molar-refractivity contribution in [2.75, 3.05) is 7.11 Å². The van der Waals surface area contributed by atoms with Crippen LogP contribution in [-0.4, -0.2) is 22.1 Å². The van der Waals surface area contributed by atoms with Crippen molar-refractivity contribution in [3.63, 3.8) is 0 Å². The Bertz CT molecular complexity index is 869. The molecular formula is C16H13N3O2. The number of aromatic nitrogens is 3. The van der Waals surface area contributed by atoms with E-state index in [0.717, 1.165) is 11.3 Å². The molecular weight excluding hydrogens is 266 g/mol. The summed E-state index contributed by atoms with van der Waals surface area (Å²) in [7, 11) is 1.62. The van der Waals surface area contributed by atoms with Crippen LogP contribution in [0.5, 0.6) is 5.75 Å². The first-order chi connectivity index (χ1) is 10.3. The summed E-state index contributed by atoms with van der Waals surface area (Å²) in [6.07, 6.45) is 6.77. The van der Waals surface area contributed by atoms with Gasteiger partial charge in [-0.15, -0.1) is 0 Å². The zero-order valence-electron chi connectivity index (χ0n) is 11.4. The standard InChI is InChI=1S/C16H13N3O2/c1-21-12-4-2-3-11(9-12)5-6-15-18-14-10-17-8-7-13(14)16(20)19-15/h2-10H,1H3,(H,18,19,20)/b6-5+. The van der Waals surface area contributed by atoms with Gasteiger partial charge < -0.3 is 9.72 Å². The van der Waals surface area contributed by atoms with E-state index in [1.165, 1.54) is 0 Å². The summed E-state index contributed by atoms with van der Waals surface area (Å²) in [5, 5.41) is 0.531. The number of ether oxygens (including phenoxy) is 1. The van der Waals surface area contributed by atoms with E-state index in [-0.39, 0.29) is 5.56 Å². The minimum absolute atomic E-state index is 0.173. The lowest BCUT2D eigenvalue weighted by atomic mass is 10.2. The molecule has 104 valence electrons. The third-order valence-electron chi connectivity index (χ3n) is 3.05. The highest BCUT2D eigenvalue weighted by Gasteiger charge is 2.01. The monoisotopic (exact) mass is 279 g/mol. The fourth-order valence-electron chi connectivity index (χ4n) is 2.01. The minimum Gasteiger partial charge on any atom is -0.497 e. The molecule has 0 saturated heterocycles. The van der Waals surface area contributed by atoms with Crippen LogP contribution >= 0.6 is 0 Å². The van der Waals surface area contributed by atoms with Crippen LogP contribution in [0.25, 0.3) is 23.1 Å². The van der Waals surface area contributed by atoms with Crippen molar-refractivity contribution in [3.05, 3.63) is 64.5 Å². The van der Waals surface area contributed by atoms with E-state index < -0.39 is 0 Å². The van der Waals surface area contributed by atoms with Crippen molar-refractivity contribution in [2.45, 2.75) is 0 Å². The van der Waals surface area contributed by atoms with Gasteiger partial charge in [-0.05, 0) is 29.8 Å². The summed E-state index contributed by atoms with van der Waals surface area (Å²) in [6.45, 7) is 0. The fraction of sp³-hybridized carbons (Fsp3) is 0.0625. The number of hydrogen-bond acceptors (Lipinski definition) is 4. The summed E-state index contributed by atoms with van der Waals surface area (Å²) >= 11 is 0. The number of H-pyrrole nitrogens is 1. The second kappa shape index (κ2) is 5.58. The van der Waals surface area contributed by atoms with Crippen LogP contribution in [0, 0.1) is 0 Å². The Morgan fingerprint density at radius 2 is 2.14 bits per heavy atom. The van der Waals surface area contributed by atoms with Gasteiger partial charge in [-0.3, -0.25) is 9.78 Å². The Kier molecular flexibility index (Phi) is 3.47. The summed E-state index contributed by atoms with van der Waals surface area (Å²) in [4.78, 5) is 23.0. The highest BCUT2D eigenvalue weighted by Crippen LogP contribution is 2.14. The molecule has 0 spiro atoms. The molecule has 0 bridgehead atoms. The van der Waals surface area contributed by atoms with Gasteiger partial charge in [0.25, 0.3) is 5.56 Å². The number of methoxy groups -OCH3 is 1. The van der Waals surface area contributed by atoms with Gasteiger partial charge in [-0.1, -0.05) is 18.2 Å². The van der Waals surface area contributed by atoms with Crippen LogP contribution in [-0.2, 0) is 0 Å². The molecule has 5 nitrogen and oxygen atoms in total. The zero-order valence-corrected chi connectivity index (χ0v) is 11.4. The average Bonchev–Trinajstić information content (AvgIpc) is 2.53. The van der Waals surface area contributed by atoms with Gasteiger partial charge in [0.05, 0.1) is 24.2 Å². The first-order valence-corrected chi connectivity index (χ1v) is 6.42. The molecule has 2 heterocycles. The molecule has 0 fully saturated rings. The predicted octanol–water partition coefficient (Wildman–Crippen LogP) is 2.50. The highest BCUT2D eigenvalue weighted by atomic mass is 16.5. The van der Waals surface area contributed by atoms with E-state index in [2.05, 4.69) is 15.0 Å². The Morgan fingerprint density at radius 3 is 3.00 bits per heavy atom. The molecule has 3 rings (SSSR count). The molecule has 0 radical (unpaired) electrons. The number of fused-ring (bicyclic) bond motifs is 1. The molecule has 2 aromatic heterocycles. The van der Waals surface area contributed by atoms with Crippen molar-refractivity contribution >= 4 is 23.1 Å². The summed E-state index contributed by atoms with van der Waals surface area (Å²) in [5.41, 5.74) is 1.36. The number of hydrogen-bond donors (Lipinski definition) is 1. The van der Waals surface area contributed by atoms with Crippen molar-refractivity contribution in [3.8, 4) is 5.75 Å². The van der Waals surface area contributed by atoms with Crippen LogP contribution < -0.4 is 10.3 Å². The maximum atomic E-state index is 11.9. The van der Waals surface area contributed by atoms with E-state index in [9.17, 15) is 4.79 Å². The maximum absolute atomic E-state index is 11.9. The molecule has 1 aromatic carbocycles. The Hall–Kier alpha value is -2.95. The van der Waals surface area contributed by atoms with Gasteiger partial charge in [-0.2, -0.15) is 0 Å². The molecule has 0 amide bonds. The van der Waals surface area contributed by atoms with Crippen LogP contribution in [0.4, 0.5) is 0 Å². The van der Waals surface area contributed by atoms with E-state index in [4.69, 9.17) is 4.74 Å². The van der Waals surface area contributed by atoms with Gasteiger partial charge >= 0.3 is 0 Å². The van der Waals surface area contributed by atoms with Gasteiger partial charge in [-0.25, -0.2) is 4.98 Å². The molecule has 0 aliphatic carbocycles. The Labute approximate surface area is 121 Å². The summed E-state index contributed by atoms with van der Waals surface area (Å²) < 4.78 is 5.17. The fourth-order valence-corrected chi connectivity index (χ4v) is 2.01. The van der Waals surface area contributed by atoms with Crippen molar-refractivity contribution in [1.82, 2.24) is 15.0 Å². The molecule has 5 heteroatoms. The zero-order chi connectivity index (χ0) is 14.7. The summed E-state index contributed by atoms with van der Waals surface area (Å²) in [5.74, 6) is 1.27. The maximum Gasteiger partial charge on any atom is 0.259 e. The first kappa shape index (κ1) is 13.1. The van der Waals surface area contributed by atoms with Crippen molar-refractivity contribution in [2.24, 2.45) is 0 Å². The van der Waals surface area contributed by atoms with Crippen molar-refractivity contribution in [1.29, 1.82) is 0 Å². The van der Waals surface area contributed by atoms with Gasteiger partial charge in [0.2, 0.25) is 0 Å². The van der Waals surface area contributed by atoms with Crippen molar-refractivity contribution < 1.29 is 4.74 Å². The second-order valence-electron chi connectivity index (χ2n) is 4.45. The molecule has 21 heavy (non-hydrogen) atoms. The predicted molar refractivity (Wildman–Crippen MR) is 82.1 cm³/mol. The summed E-state index contributed by atoms with van der Waals surface area (Å²) in [6, 6.07) is 9.27. The molecule has 0 unspecified atom stereocenters. The molecule has 0 aliphatic rings. The lowest BCUT2D eigenvalue weighted by Gasteiger charge is -2.00. The first-order valence-electron chi connectivity index (χ1n) is 6.42. The molecule has 0 saturated carbocycles. The minimum atomic E-state index is -0.173. The Morgan fingerprint density at radius 1 is 1.24 bits per heavy atom. The number of rotatable bonds is 3. The number of aromatic amines is 1. The quantitative estimate of drug-likeness (QED) is 0.799. The molecule has 0 atom stereocenters. The van der Waals surface area contributed by atoms with Gasteiger partial charge in [0.1, 0.15) is 11.6 Å². The lowest BCUT2D eigenvalue weighted by Crippen LogP contribution is -2.09. The van der Waals surface area contributed by atoms with E-state index in [0.29, 0.717) is 16.7 Å². The van der Waals surface area contributed by atoms with Gasteiger partial charge in [0, 0.05) is 6.20 Å². The Balaban J connectivity index is 1.97. The third-order valence-corrected chi connectivity index (χ3v) is 3.05. The highest BCUT2D eigenvalue weighted by molar-refractivity contribution is 5.78. The number of pyridine rings is 1. The van der Waals surface area contributed by atoms with Gasteiger partial charge in [0.15, 0.2) is 0 Å². The average molecular weight is 279 g/mol. The van der Waals surface area contributed by atoms with Crippen LogP contribution in [0.15, 0.2) is 47.5 Å². The van der Waals surface area contributed by atoms with E-state index in [1.807, 2.05) is 30.3 Å². The normalized spacial score (nSPS) is 11.1. The third kappa shape index (κ3) is 2.81. The smallest absolute Gasteiger partial charge is 0.259 e. The van der Waals surface area contributed by atoms with E-state index in [1.54, 1.807) is 31.6 Å². The lowest BCUT2D eigenvalue weighted by molar-refractivity contribution is 0.414. The number of benzene rings is 1. The number of nitrogens with one attached hydrogen (secondary N) is 1. The van der Waals surface area contributed by atoms with Crippen LogP contribution in [0.3, 0.4) is 0 Å². The van der Waals surface area contributed by atoms with Crippen LogP contribution in [0.1, 0.15) is 11.4 Å². The molecule has 0 aliphatic heterocycles. The topological polar surface area (TPSA) is 67.9 Å². The molecule has 3 aromatic rings. The SMILES string of the molecule is COc1cccc(/C=C/c2nc3cnccc3c(=O)[nH]2)c1. The van der Waals surface area contributed by atoms with Crippen LogP contribution in [0.2, 0.25) is 0 Å². The molecule has 1 N–H and O–H groups in total. The van der Waals surface area contributed by atoms with E-state index >= 15 is 0 Å². The second-order valence-corrected chi connectivity index (χ2v) is 4.45.